The molecular weight excluding hydrogens is 490 g/mol. The number of hydrogen-bond acceptors (Lipinski definition) is 9. The molecule has 0 heterocycles. The van der Waals surface area contributed by atoms with Crippen molar-refractivity contribution in [1.82, 2.24) is 16.0 Å². The molecule has 198 valence electrons. The van der Waals surface area contributed by atoms with E-state index in [1.54, 1.807) is 0 Å². The van der Waals surface area contributed by atoms with Crippen LogP contribution in [-0.2, 0) is 28.8 Å². The smallest absolute Gasteiger partial charge is 0.326 e. The average Bonchev–Trinajstić information content (AvgIpc) is 2.76. The average molecular weight is 522 g/mol. The number of aliphatic carboxylic acids is 3. The van der Waals surface area contributed by atoms with Crippen LogP contribution in [0, 0.1) is 0 Å². The lowest BCUT2D eigenvalue weighted by Crippen LogP contribution is -2.57. The second-order valence-corrected chi connectivity index (χ2v) is 7.66. The number of carbonyl (C=O) groups excluding carboxylic acids is 3. The zero-order chi connectivity index (χ0) is 27.1. The Balaban J connectivity index is 5.52. The van der Waals surface area contributed by atoms with E-state index < -0.39 is 79.1 Å². The van der Waals surface area contributed by atoms with Crippen molar-refractivity contribution < 1.29 is 44.1 Å². The monoisotopic (exact) mass is 521 g/mol. The summed E-state index contributed by atoms with van der Waals surface area (Å²) in [6.07, 6.45) is -1.80. The van der Waals surface area contributed by atoms with Gasteiger partial charge < -0.3 is 48.5 Å². The predicted molar refractivity (Wildman–Crippen MR) is 124 cm³/mol. The van der Waals surface area contributed by atoms with Crippen LogP contribution in [0.3, 0.4) is 0 Å². The van der Waals surface area contributed by atoms with Crippen molar-refractivity contribution in [3.05, 3.63) is 0 Å². The zero-order valence-corrected chi connectivity index (χ0v) is 19.6. The molecule has 0 aromatic heterocycles. The molecule has 3 amide bonds. The molecule has 0 spiro atoms. The number of aliphatic imine (C=N–C) groups is 1. The Kier molecular flexibility index (Phi) is 14.4. The molecule has 0 rings (SSSR count). The summed E-state index contributed by atoms with van der Waals surface area (Å²) >= 11 is 3.84. The van der Waals surface area contributed by atoms with Gasteiger partial charge in [-0.1, -0.05) is 0 Å². The van der Waals surface area contributed by atoms with Gasteiger partial charge in [-0.3, -0.25) is 29.0 Å². The molecule has 0 radical (unpaired) electrons. The van der Waals surface area contributed by atoms with Gasteiger partial charge in [0, 0.05) is 18.7 Å². The van der Waals surface area contributed by atoms with Crippen molar-refractivity contribution in [2.45, 2.75) is 56.3 Å². The molecule has 0 aliphatic carbocycles. The molecule has 0 saturated heterocycles. The fourth-order valence-corrected chi connectivity index (χ4v) is 2.75. The Morgan fingerprint density at radius 2 is 1.34 bits per heavy atom. The molecule has 0 aliphatic heterocycles. The SMILES string of the molecule is NC(N)=NCCCC(NC(=O)C(CCC(=O)O)NC(=O)C(CC(=O)O)NC(=O)C(N)CS)C(=O)O. The highest BCUT2D eigenvalue weighted by atomic mass is 32.1. The van der Waals surface area contributed by atoms with Crippen LogP contribution in [0.2, 0.25) is 0 Å². The minimum absolute atomic E-state index is 0.0865. The molecule has 0 fully saturated rings. The maximum absolute atomic E-state index is 12.7. The number of hydrogen-bond donors (Lipinski definition) is 10. The lowest BCUT2D eigenvalue weighted by molar-refractivity contribution is -0.143. The minimum atomic E-state index is -1.65. The lowest BCUT2D eigenvalue weighted by Gasteiger charge is -2.24. The van der Waals surface area contributed by atoms with Crippen molar-refractivity contribution in [3.8, 4) is 0 Å². The van der Waals surface area contributed by atoms with E-state index in [1.807, 2.05) is 0 Å². The van der Waals surface area contributed by atoms with Crippen LogP contribution in [0.25, 0.3) is 0 Å². The van der Waals surface area contributed by atoms with E-state index in [-0.39, 0.29) is 31.1 Å². The second-order valence-electron chi connectivity index (χ2n) is 7.29. The first-order valence-corrected chi connectivity index (χ1v) is 10.9. The molecule has 0 aliphatic rings. The first-order chi connectivity index (χ1) is 16.3. The summed E-state index contributed by atoms with van der Waals surface area (Å²) in [5, 5.41) is 33.8. The summed E-state index contributed by atoms with van der Waals surface area (Å²) in [7, 11) is 0. The molecular formula is C18H31N7O9S. The van der Waals surface area contributed by atoms with Gasteiger partial charge in [0.1, 0.15) is 18.1 Å². The highest BCUT2D eigenvalue weighted by Crippen LogP contribution is 2.05. The number of nitrogens with two attached hydrogens (primary N) is 3. The van der Waals surface area contributed by atoms with Gasteiger partial charge in [0.2, 0.25) is 17.7 Å². The van der Waals surface area contributed by atoms with Crippen molar-refractivity contribution in [2.75, 3.05) is 12.3 Å². The summed E-state index contributed by atoms with van der Waals surface area (Å²) in [6, 6.07) is -5.77. The normalized spacial score (nSPS) is 13.9. The third-order valence-electron chi connectivity index (χ3n) is 4.38. The highest BCUT2D eigenvalue weighted by molar-refractivity contribution is 7.80. The number of carboxylic acid groups (broad SMARTS) is 3. The number of thiol groups is 1. The zero-order valence-electron chi connectivity index (χ0n) is 18.7. The first kappa shape index (κ1) is 31.4. The summed E-state index contributed by atoms with van der Waals surface area (Å²) in [5.41, 5.74) is 15.9. The minimum Gasteiger partial charge on any atom is -0.481 e. The molecule has 4 atom stereocenters. The Morgan fingerprint density at radius 3 is 1.83 bits per heavy atom. The van der Waals surface area contributed by atoms with Crippen molar-refractivity contribution in [3.63, 3.8) is 0 Å². The van der Waals surface area contributed by atoms with Crippen LogP contribution in [-0.4, -0.2) is 93.4 Å². The van der Waals surface area contributed by atoms with E-state index in [0.717, 1.165) is 0 Å². The Labute approximate surface area is 205 Å². The summed E-state index contributed by atoms with van der Waals surface area (Å²) < 4.78 is 0. The number of guanidine groups is 1. The van der Waals surface area contributed by atoms with Gasteiger partial charge in [-0.05, 0) is 19.3 Å². The van der Waals surface area contributed by atoms with E-state index in [0.29, 0.717) is 0 Å². The molecule has 35 heavy (non-hydrogen) atoms. The van der Waals surface area contributed by atoms with Gasteiger partial charge in [0.15, 0.2) is 5.96 Å². The lowest BCUT2D eigenvalue weighted by atomic mass is 10.1. The number of rotatable bonds is 17. The van der Waals surface area contributed by atoms with Gasteiger partial charge in [0.05, 0.1) is 12.5 Å². The standard InChI is InChI=1S/C18H31N7O9S/c19-8(7-35)14(30)25-11(6-13(28)29)16(32)23-9(3-4-12(26)27)15(31)24-10(17(33)34)2-1-5-22-18(20)21/h8-11,35H,1-7,19H2,(H,23,32)(H,24,31)(H,25,30)(H,26,27)(H,28,29)(H,33,34)(H4,20,21,22). The molecule has 17 heteroatoms. The molecule has 0 saturated carbocycles. The first-order valence-electron chi connectivity index (χ1n) is 10.3. The van der Waals surface area contributed by atoms with Crippen LogP contribution >= 0.6 is 12.6 Å². The number of amides is 3. The molecule has 4 unspecified atom stereocenters. The van der Waals surface area contributed by atoms with Gasteiger partial charge in [-0.25, -0.2) is 4.79 Å². The number of carboxylic acids is 3. The van der Waals surface area contributed by atoms with Gasteiger partial charge >= 0.3 is 17.9 Å². The summed E-state index contributed by atoms with van der Waals surface area (Å²) in [4.78, 5) is 74.6. The summed E-state index contributed by atoms with van der Waals surface area (Å²) in [6.45, 7) is 0.0894. The van der Waals surface area contributed by atoms with E-state index in [4.69, 9.17) is 27.4 Å². The largest absolute Gasteiger partial charge is 0.481 e. The number of nitrogens with zero attached hydrogens (tertiary/aromatic N) is 1. The van der Waals surface area contributed by atoms with Crippen LogP contribution in [0.1, 0.15) is 32.1 Å². The van der Waals surface area contributed by atoms with Crippen molar-refractivity contribution in [2.24, 2.45) is 22.2 Å². The van der Waals surface area contributed by atoms with Gasteiger partial charge in [-0.2, -0.15) is 12.6 Å². The summed E-state index contributed by atoms with van der Waals surface area (Å²) in [5.74, 6) is -7.48. The third kappa shape index (κ3) is 13.6. The molecule has 0 aromatic rings. The topological polar surface area (TPSA) is 290 Å². The molecule has 12 N–H and O–H groups in total. The van der Waals surface area contributed by atoms with E-state index >= 15 is 0 Å². The highest BCUT2D eigenvalue weighted by Gasteiger charge is 2.31. The fraction of sp³-hybridized carbons (Fsp3) is 0.611. The molecule has 0 aromatic carbocycles. The van der Waals surface area contributed by atoms with Gasteiger partial charge in [0.25, 0.3) is 0 Å². The van der Waals surface area contributed by atoms with E-state index in [2.05, 4.69) is 33.6 Å². The van der Waals surface area contributed by atoms with Crippen molar-refractivity contribution in [1.29, 1.82) is 0 Å². The molecule has 16 nitrogen and oxygen atoms in total. The van der Waals surface area contributed by atoms with Crippen LogP contribution in [0.4, 0.5) is 0 Å². The van der Waals surface area contributed by atoms with Crippen LogP contribution < -0.4 is 33.2 Å². The third-order valence-corrected chi connectivity index (χ3v) is 4.78. The predicted octanol–water partition coefficient (Wildman–Crippen LogP) is -3.82. The maximum Gasteiger partial charge on any atom is 0.326 e. The number of nitrogens with one attached hydrogen (secondary N) is 3. The molecule has 0 bridgehead atoms. The Hall–Kier alpha value is -3.60. The van der Waals surface area contributed by atoms with Gasteiger partial charge in [-0.15, -0.1) is 0 Å². The second kappa shape index (κ2) is 16.1. The fourth-order valence-electron chi connectivity index (χ4n) is 2.59. The van der Waals surface area contributed by atoms with Crippen molar-refractivity contribution >= 4 is 54.2 Å². The Bertz CT molecular complexity index is 820. The Morgan fingerprint density at radius 1 is 0.800 bits per heavy atom. The van der Waals surface area contributed by atoms with Crippen LogP contribution in [0.5, 0.6) is 0 Å². The maximum atomic E-state index is 12.7. The van der Waals surface area contributed by atoms with E-state index in [1.165, 1.54) is 0 Å². The van der Waals surface area contributed by atoms with Crippen LogP contribution in [0.15, 0.2) is 4.99 Å². The van der Waals surface area contributed by atoms with E-state index in [9.17, 15) is 33.9 Å². The number of carbonyl (C=O) groups is 6. The quantitative estimate of drug-likeness (QED) is 0.0381.